The van der Waals surface area contributed by atoms with Gasteiger partial charge < -0.3 is 9.88 Å². The van der Waals surface area contributed by atoms with Crippen LogP contribution >= 0.6 is 12.2 Å². The first-order valence-corrected chi connectivity index (χ1v) is 8.06. The van der Waals surface area contributed by atoms with Crippen molar-refractivity contribution in [3.63, 3.8) is 0 Å². The van der Waals surface area contributed by atoms with Gasteiger partial charge in [-0.1, -0.05) is 12.2 Å². The number of aromatic amines is 1. The summed E-state index contributed by atoms with van der Waals surface area (Å²) in [4.78, 5) is 13.1. The van der Waals surface area contributed by atoms with Gasteiger partial charge in [0.2, 0.25) is 0 Å². The predicted molar refractivity (Wildman–Crippen MR) is 83.5 cm³/mol. The lowest BCUT2D eigenvalue weighted by molar-refractivity contribution is 0.219. The number of aromatic nitrogens is 2. The van der Waals surface area contributed by atoms with Crippen LogP contribution < -0.4 is 0 Å². The maximum atomic E-state index is 5.53. The lowest BCUT2D eigenvalue weighted by atomic mass is 9.97. The van der Waals surface area contributed by atoms with Gasteiger partial charge in [0.25, 0.3) is 0 Å². The molecule has 1 N–H and O–H groups in total. The molecule has 0 aromatic carbocycles. The summed E-state index contributed by atoms with van der Waals surface area (Å²) in [7, 11) is 4.39. The molecule has 1 aromatic heterocycles. The fourth-order valence-corrected chi connectivity index (χ4v) is 3.69. The molecular formula is C15H24N4S. The van der Waals surface area contributed by atoms with Crippen LogP contribution in [0, 0.1) is 4.64 Å². The number of fused-ring (bicyclic) bond motifs is 1. The van der Waals surface area contributed by atoms with Crippen molar-refractivity contribution in [2.75, 3.05) is 33.7 Å². The minimum Gasteiger partial charge on any atom is -0.345 e. The summed E-state index contributed by atoms with van der Waals surface area (Å²) in [5.74, 6) is 1.06. The first-order valence-electron chi connectivity index (χ1n) is 7.66. The van der Waals surface area contributed by atoms with Gasteiger partial charge in [0.1, 0.15) is 10.5 Å². The molecule has 1 aliphatic heterocycles. The van der Waals surface area contributed by atoms with Crippen molar-refractivity contribution in [1.82, 2.24) is 19.8 Å². The molecule has 3 rings (SSSR count). The van der Waals surface area contributed by atoms with E-state index in [4.69, 9.17) is 17.2 Å². The molecule has 1 saturated heterocycles. The second-order valence-corrected chi connectivity index (χ2v) is 6.59. The average Bonchev–Trinajstić information content (AvgIpc) is 2.60. The zero-order chi connectivity index (χ0) is 14.1. The summed E-state index contributed by atoms with van der Waals surface area (Å²) in [5.41, 5.74) is 2.63. The van der Waals surface area contributed by atoms with E-state index in [2.05, 4.69) is 28.9 Å². The number of likely N-dealkylation sites (N-methyl/N-ethyl adjacent to an activating group) is 2. The number of nitrogens with zero attached hydrogens (tertiary/aromatic N) is 3. The van der Waals surface area contributed by atoms with Gasteiger partial charge in [-0.15, -0.1) is 0 Å². The van der Waals surface area contributed by atoms with E-state index in [-0.39, 0.29) is 0 Å². The highest BCUT2D eigenvalue weighted by atomic mass is 32.1. The van der Waals surface area contributed by atoms with E-state index in [1.807, 2.05) is 0 Å². The first-order chi connectivity index (χ1) is 9.65. The lowest BCUT2D eigenvalue weighted by Crippen LogP contribution is -2.32. The minimum atomic E-state index is 0.330. The summed E-state index contributed by atoms with van der Waals surface area (Å²) in [5, 5.41) is 0. The third-order valence-electron chi connectivity index (χ3n) is 4.61. The van der Waals surface area contributed by atoms with Gasteiger partial charge in [0.15, 0.2) is 0 Å². The van der Waals surface area contributed by atoms with Gasteiger partial charge in [-0.3, -0.25) is 4.90 Å². The molecule has 0 spiro atoms. The molecule has 4 nitrogen and oxygen atoms in total. The van der Waals surface area contributed by atoms with Gasteiger partial charge in [0.05, 0.1) is 6.04 Å². The van der Waals surface area contributed by atoms with E-state index in [1.165, 1.54) is 30.5 Å². The average molecular weight is 292 g/mol. The third-order valence-corrected chi connectivity index (χ3v) is 4.95. The second-order valence-electron chi connectivity index (χ2n) is 6.20. The Morgan fingerprint density at radius 3 is 2.80 bits per heavy atom. The summed E-state index contributed by atoms with van der Waals surface area (Å²) in [6, 6.07) is 0.330. The summed E-state index contributed by atoms with van der Waals surface area (Å²) < 4.78 is 0.828. The van der Waals surface area contributed by atoms with E-state index < -0.39 is 0 Å². The molecule has 1 fully saturated rings. The molecule has 1 unspecified atom stereocenters. The fourth-order valence-electron chi connectivity index (χ4n) is 3.36. The quantitative estimate of drug-likeness (QED) is 0.806. The Hall–Kier alpha value is -0.780. The van der Waals surface area contributed by atoms with Crippen molar-refractivity contribution in [1.29, 1.82) is 0 Å². The molecule has 2 aliphatic rings. The molecule has 5 heteroatoms. The molecule has 20 heavy (non-hydrogen) atoms. The second kappa shape index (κ2) is 5.92. The van der Waals surface area contributed by atoms with E-state index >= 15 is 0 Å². The van der Waals surface area contributed by atoms with Crippen LogP contribution in [0.3, 0.4) is 0 Å². The first kappa shape index (κ1) is 14.2. The van der Waals surface area contributed by atoms with E-state index in [9.17, 15) is 0 Å². The maximum Gasteiger partial charge on any atom is 0.133 e. The highest BCUT2D eigenvalue weighted by Crippen LogP contribution is 2.25. The zero-order valence-corrected chi connectivity index (χ0v) is 13.3. The minimum absolute atomic E-state index is 0.330. The highest BCUT2D eigenvalue weighted by Gasteiger charge is 2.25. The third kappa shape index (κ3) is 2.80. The Morgan fingerprint density at radius 2 is 1.95 bits per heavy atom. The largest absolute Gasteiger partial charge is 0.345 e. The van der Waals surface area contributed by atoms with Gasteiger partial charge in [0, 0.05) is 17.8 Å². The normalized spacial score (nSPS) is 25.2. The molecule has 1 atom stereocenters. The van der Waals surface area contributed by atoms with Gasteiger partial charge >= 0.3 is 0 Å². The van der Waals surface area contributed by atoms with Crippen LogP contribution in [0.5, 0.6) is 0 Å². The van der Waals surface area contributed by atoms with Crippen molar-refractivity contribution in [3.8, 4) is 0 Å². The zero-order valence-electron chi connectivity index (χ0n) is 12.5. The Bertz CT molecular complexity index is 539. The summed E-state index contributed by atoms with van der Waals surface area (Å²) >= 11 is 5.53. The fraction of sp³-hybridized carbons (Fsp3) is 0.733. The van der Waals surface area contributed by atoms with Gasteiger partial charge in [-0.2, -0.15) is 0 Å². The van der Waals surface area contributed by atoms with Crippen molar-refractivity contribution in [3.05, 3.63) is 21.7 Å². The van der Waals surface area contributed by atoms with Crippen LogP contribution in [0.2, 0.25) is 0 Å². The lowest BCUT2D eigenvalue weighted by Gasteiger charge is -2.28. The van der Waals surface area contributed by atoms with Crippen LogP contribution in [-0.4, -0.2) is 53.5 Å². The maximum absolute atomic E-state index is 5.53. The number of H-pyrrole nitrogens is 1. The Kier molecular flexibility index (Phi) is 4.19. The van der Waals surface area contributed by atoms with Crippen molar-refractivity contribution in [2.45, 2.75) is 38.1 Å². The van der Waals surface area contributed by atoms with Crippen LogP contribution in [0.15, 0.2) is 0 Å². The van der Waals surface area contributed by atoms with Crippen LogP contribution in [0.4, 0.5) is 0 Å². The van der Waals surface area contributed by atoms with Crippen molar-refractivity contribution in [2.24, 2.45) is 0 Å². The van der Waals surface area contributed by atoms with Crippen LogP contribution in [0.1, 0.15) is 42.4 Å². The number of nitrogens with one attached hydrogen (secondary N) is 1. The Balaban J connectivity index is 1.96. The van der Waals surface area contributed by atoms with E-state index in [0.29, 0.717) is 6.04 Å². The molecule has 0 radical (unpaired) electrons. The Labute approximate surface area is 126 Å². The smallest absolute Gasteiger partial charge is 0.133 e. The number of hydrogen-bond donors (Lipinski definition) is 1. The molecule has 110 valence electrons. The SMILES string of the molecule is CN1CCCN(C)C(c2nc(=S)c3c([nH]2)CCCC3)C1. The van der Waals surface area contributed by atoms with Gasteiger partial charge in [-0.05, 0) is 59.3 Å². The van der Waals surface area contributed by atoms with Crippen molar-refractivity contribution < 1.29 is 0 Å². The molecule has 0 amide bonds. The van der Waals surface area contributed by atoms with Crippen molar-refractivity contribution >= 4 is 12.2 Å². The monoisotopic (exact) mass is 292 g/mol. The van der Waals surface area contributed by atoms with Crippen LogP contribution in [0.25, 0.3) is 0 Å². The van der Waals surface area contributed by atoms with Crippen LogP contribution in [-0.2, 0) is 12.8 Å². The molecule has 0 saturated carbocycles. The van der Waals surface area contributed by atoms with E-state index in [0.717, 1.165) is 42.9 Å². The standard InChI is InChI=1S/C15H24N4S/c1-18-8-5-9-19(2)13(10-18)14-16-12-7-4-3-6-11(12)15(20)17-14/h13H,3-10H2,1-2H3,(H,16,17,20). The summed E-state index contributed by atoms with van der Waals surface area (Å²) in [6.07, 6.45) is 5.95. The molecule has 1 aliphatic carbocycles. The van der Waals surface area contributed by atoms with E-state index in [1.54, 1.807) is 0 Å². The topological polar surface area (TPSA) is 35.2 Å². The molecular weight excluding hydrogens is 268 g/mol. The predicted octanol–water partition coefficient (Wildman–Crippen LogP) is 2.33. The molecule has 1 aromatic rings. The number of hydrogen-bond acceptors (Lipinski definition) is 4. The highest BCUT2D eigenvalue weighted by molar-refractivity contribution is 7.71. The molecule has 0 bridgehead atoms. The Morgan fingerprint density at radius 1 is 1.15 bits per heavy atom. The van der Waals surface area contributed by atoms with Gasteiger partial charge in [-0.25, -0.2) is 4.98 Å². The number of rotatable bonds is 1. The molecule has 2 heterocycles. The summed E-state index contributed by atoms with van der Waals surface area (Å²) in [6.45, 7) is 3.30. The number of aryl methyl sites for hydroxylation is 1.